The number of hydrogen-bond acceptors (Lipinski definition) is 7. The molecule has 2 fully saturated rings. The van der Waals surface area contributed by atoms with E-state index in [0.717, 1.165) is 57.1 Å². The first-order valence-corrected chi connectivity index (χ1v) is 13.1. The third-order valence-corrected chi connectivity index (χ3v) is 8.31. The van der Waals surface area contributed by atoms with Crippen LogP contribution in [0, 0.1) is 0 Å². The lowest BCUT2D eigenvalue weighted by Gasteiger charge is -2.34. The number of nitrogens with two attached hydrogens (primary N) is 1. The van der Waals surface area contributed by atoms with E-state index < -0.39 is 0 Å². The number of nitrogens with zero attached hydrogens (tertiary/aromatic N) is 5. The number of aromatic nitrogens is 3. The van der Waals surface area contributed by atoms with Crippen molar-refractivity contribution in [2.75, 3.05) is 42.0 Å². The van der Waals surface area contributed by atoms with Crippen molar-refractivity contribution in [1.82, 2.24) is 25.0 Å². The molecule has 34 heavy (non-hydrogen) atoms. The Labute approximate surface area is 205 Å². The largest absolute Gasteiger partial charge is 0.398 e. The lowest BCUT2D eigenvalue weighted by molar-refractivity contribution is 0.193. The van der Waals surface area contributed by atoms with Crippen molar-refractivity contribution in [2.45, 2.75) is 31.8 Å². The van der Waals surface area contributed by atoms with E-state index in [1.807, 2.05) is 29.0 Å². The number of piperazine rings is 1. The summed E-state index contributed by atoms with van der Waals surface area (Å²) in [5.41, 5.74) is 14.9. The minimum atomic E-state index is 0.235. The van der Waals surface area contributed by atoms with Crippen LogP contribution in [0.25, 0.3) is 11.4 Å². The fraction of sp³-hybridized carbons (Fsp3) is 0.385. The number of nitrogens with one attached hydrogen (secondary N) is 1. The molecule has 6 rings (SSSR count). The van der Waals surface area contributed by atoms with Gasteiger partial charge in [0.25, 0.3) is 0 Å². The molecule has 0 spiro atoms. The van der Waals surface area contributed by atoms with Crippen LogP contribution in [0.15, 0.2) is 49.4 Å². The Morgan fingerprint density at radius 3 is 3.03 bits per heavy atom. The molecule has 176 valence electrons. The first-order chi connectivity index (χ1) is 16.7. The molecular weight excluding hydrogens is 442 g/mol. The highest BCUT2D eigenvalue weighted by Crippen LogP contribution is 2.38. The molecule has 0 saturated carbocycles. The van der Waals surface area contributed by atoms with Gasteiger partial charge in [-0.1, -0.05) is 18.7 Å². The van der Waals surface area contributed by atoms with Gasteiger partial charge in [-0.05, 0) is 59.5 Å². The zero-order valence-electron chi connectivity index (χ0n) is 19.4. The van der Waals surface area contributed by atoms with Crippen molar-refractivity contribution in [3.63, 3.8) is 0 Å². The number of anilines is 2. The van der Waals surface area contributed by atoms with E-state index >= 15 is 0 Å². The van der Waals surface area contributed by atoms with Crippen molar-refractivity contribution in [3.8, 4) is 5.82 Å². The highest BCUT2D eigenvalue weighted by atomic mass is 32.2. The maximum Gasteiger partial charge on any atom is 0.155 e. The summed E-state index contributed by atoms with van der Waals surface area (Å²) >= 11 is 1.88. The molecule has 0 bridgehead atoms. The van der Waals surface area contributed by atoms with Gasteiger partial charge in [-0.15, -0.1) is 0 Å². The predicted molar refractivity (Wildman–Crippen MR) is 140 cm³/mol. The molecule has 1 aromatic carbocycles. The third kappa shape index (κ3) is 4.10. The molecule has 3 N–H and O–H groups in total. The van der Waals surface area contributed by atoms with Crippen LogP contribution in [0.2, 0.25) is 0 Å². The zero-order valence-corrected chi connectivity index (χ0v) is 20.2. The summed E-state index contributed by atoms with van der Waals surface area (Å²) < 4.78 is 4.24. The first kappa shape index (κ1) is 21.7. The van der Waals surface area contributed by atoms with Crippen LogP contribution in [0.3, 0.4) is 0 Å². The van der Waals surface area contributed by atoms with Crippen molar-refractivity contribution in [3.05, 3.63) is 71.7 Å². The summed E-state index contributed by atoms with van der Waals surface area (Å²) in [6.07, 6.45) is 9.20. The topological polar surface area (TPSA) is 75.2 Å². The van der Waals surface area contributed by atoms with Crippen LogP contribution in [0.4, 0.5) is 11.4 Å². The van der Waals surface area contributed by atoms with Crippen LogP contribution in [-0.2, 0) is 13.0 Å². The summed E-state index contributed by atoms with van der Waals surface area (Å²) in [6, 6.07) is 8.85. The Balaban J connectivity index is 1.15. The smallest absolute Gasteiger partial charge is 0.155 e. The minimum Gasteiger partial charge on any atom is -0.398 e. The molecule has 0 radical (unpaired) electrons. The van der Waals surface area contributed by atoms with Gasteiger partial charge < -0.3 is 15.4 Å². The Kier molecular flexibility index (Phi) is 5.80. The predicted octanol–water partition coefficient (Wildman–Crippen LogP) is 3.81. The van der Waals surface area contributed by atoms with Crippen LogP contribution in [0.5, 0.6) is 0 Å². The number of fused-ring (bicyclic) bond motifs is 1. The van der Waals surface area contributed by atoms with Gasteiger partial charge in [0, 0.05) is 74.2 Å². The Morgan fingerprint density at radius 1 is 1.21 bits per heavy atom. The summed E-state index contributed by atoms with van der Waals surface area (Å²) in [5.74, 6) is 2.05. The number of pyridine rings is 1. The monoisotopic (exact) mass is 473 g/mol. The second kappa shape index (κ2) is 9.09. The summed E-state index contributed by atoms with van der Waals surface area (Å²) in [6.45, 7) is 9.02. The second-order valence-electron chi connectivity index (χ2n) is 9.39. The van der Waals surface area contributed by atoms with E-state index in [1.54, 1.807) is 0 Å². The highest BCUT2D eigenvalue weighted by Gasteiger charge is 2.26. The van der Waals surface area contributed by atoms with Gasteiger partial charge in [-0.25, -0.2) is 9.67 Å². The molecular formula is C26H31N7S. The normalized spacial score (nSPS) is 20.8. The fourth-order valence-electron chi connectivity index (χ4n) is 5.33. The van der Waals surface area contributed by atoms with E-state index in [2.05, 4.69) is 61.6 Å². The first-order valence-electron chi connectivity index (χ1n) is 12.1. The molecule has 8 heteroatoms. The van der Waals surface area contributed by atoms with Crippen molar-refractivity contribution >= 4 is 28.9 Å². The van der Waals surface area contributed by atoms with Gasteiger partial charge in [0.05, 0.1) is 11.9 Å². The SMILES string of the molecule is C=C1CCc2c1ccc([C@@H]1CN(Cc3cnn(-c4cc(N5CCCS5)ccn4)c3)CCN1)c2N. The molecule has 0 unspecified atom stereocenters. The van der Waals surface area contributed by atoms with Crippen LogP contribution in [0.1, 0.15) is 41.1 Å². The molecule has 4 heterocycles. The average molecular weight is 474 g/mol. The van der Waals surface area contributed by atoms with E-state index in [-0.39, 0.29) is 6.04 Å². The van der Waals surface area contributed by atoms with Gasteiger partial charge in [-0.3, -0.25) is 4.90 Å². The molecule has 7 nitrogen and oxygen atoms in total. The van der Waals surface area contributed by atoms with Gasteiger partial charge in [0.2, 0.25) is 0 Å². The zero-order chi connectivity index (χ0) is 23.1. The average Bonchev–Trinajstić information content (AvgIpc) is 3.62. The van der Waals surface area contributed by atoms with Crippen molar-refractivity contribution < 1.29 is 0 Å². The number of nitrogen functional groups attached to an aromatic ring is 1. The Bertz CT molecular complexity index is 1210. The second-order valence-corrected chi connectivity index (χ2v) is 10.5. The van der Waals surface area contributed by atoms with E-state index in [1.165, 1.54) is 45.7 Å². The molecule has 3 aliphatic rings. The molecule has 2 aliphatic heterocycles. The van der Waals surface area contributed by atoms with Crippen molar-refractivity contribution in [2.24, 2.45) is 0 Å². The third-order valence-electron chi connectivity index (χ3n) is 7.13. The van der Waals surface area contributed by atoms with Crippen molar-refractivity contribution in [1.29, 1.82) is 0 Å². The summed E-state index contributed by atoms with van der Waals surface area (Å²) in [4.78, 5) is 7.04. The summed E-state index contributed by atoms with van der Waals surface area (Å²) in [7, 11) is 0. The van der Waals surface area contributed by atoms with E-state index in [9.17, 15) is 0 Å². The van der Waals surface area contributed by atoms with Gasteiger partial charge in [0.1, 0.15) is 0 Å². The van der Waals surface area contributed by atoms with Crippen LogP contribution >= 0.6 is 11.9 Å². The van der Waals surface area contributed by atoms with Crippen LogP contribution in [-0.4, -0.2) is 51.6 Å². The molecule has 2 aromatic heterocycles. The molecule has 2 saturated heterocycles. The fourth-order valence-corrected chi connectivity index (χ4v) is 6.32. The molecule has 3 aromatic rings. The van der Waals surface area contributed by atoms with E-state index in [4.69, 9.17) is 5.73 Å². The number of rotatable bonds is 5. The number of allylic oxidation sites excluding steroid dienone is 1. The number of benzene rings is 1. The minimum absolute atomic E-state index is 0.235. The van der Waals surface area contributed by atoms with Gasteiger partial charge in [0.15, 0.2) is 5.82 Å². The Hall–Kier alpha value is -2.81. The lowest BCUT2D eigenvalue weighted by atomic mass is 9.96. The quantitative estimate of drug-likeness (QED) is 0.431. The van der Waals surface area contributed by atoms with Gasteiger partial charge in [-0.2, -0.15) is 5.10 Å². The lowest BCUT2D eigenvalue weighted by Crippen LogP contribution is -2.45. The molecule has 0 amide bonds. The maximum atomic E-state index is 6.63. The maximum absolute atomic E-state index is 6.63. The van der Waals surface area contributed by atoms with E-state index in [0.29, 0.717) is 0 Å². The molecule has 1 atom stereocenters. The number of hydrogen-bond donors (Lipinski definition) is 2. The summed E-state index contributed by atoms with van der Waals surface area (Å²) in [5, 5.41) is 8.29. The van der Waals surface area contributed by atoms with Crippen LogP contribution < -0.4 is 15.4 Å². The highest BCUT2D eigenvalue weighted by molar-refractivity contribution is 8.00. The standard InChI is InChI=1S/C26H31N7S/c1-18-3-4-22-21(18)5-6-23(26(22)27)24-17-31(11-9-28-24)15-19-14-30-32(16-19)25-13-20(7-8-29-25)33-10-2-12-34-33/h5-8,13-14,16,24,28H,1-4,9-12,15,17,27H2/t24-/m0/s1. The Morgan fingerprint density at radius 2 is 2.15 bits per heavy atom. The van der Waals surface area contributed by atoms with Gasteiger partial charge >= 0.3 is 0 Å². The molecule has 1 aliphatic carbocycles.